The van der Waals surface area contributed by atoms with E-state index in [1.807, 2.05) is 24.5 Å². The van der Waals surface area contributed by atoms with Crippen LogP contribution in [0.25, 0.3) is 43.7 Å². The minimum atomic E-state index is 1.01. The van der Waals surface area contributed by atoms with Crippen molar-refractivity contribution in [3.05, 3.63) is 85.2 Å². The van der Waals surface area contributed by atoms with Crippen LogP contribution in [0.15, 0.2) is 85.2 Å². The molecule has 0 bridgehead atoms. The summed E-state index contributed by atoms with van der Waals surface area (Å²) in [7, 11) is 0. The molecule has 0 saturated carbocycles. The van der Waals surface area contributed by atoms with Crippen molar-refractivity contribution in [2.75, 3.05) is 0 Å². The summed E-state index contributed by atoms with van der Waals surface area (Å²) < 4.78 is 0. The topological polar surface area (TPSA) is 25.8 Å². The van der Waals surface area contributed by atoms with Crippen LogP contribution in [0.4, 0.5) is 0 Å². The number of benzene rings is 3. The lowest BCUT2D eigenvalue weighted by molar-refractivity contribution is 1.41. The third kappa shape index (κ3) is 1.90. The third-order valence-electron chi connectivity index (χ3n) is 4.53. The van der Waals surface area contributed by atoms with Crippen molar-refractivity contribution >= 4 is 32.6 Å². The van der Waals surface area contributed by atoms with E-state index >= 15 is 0 Å². The molecule has 0 N–H and O–H groups in total. The molecule has 0 radical (unpaired) electrons. The number of rotatable bonds is 1. The average Bonchev–Trinajstić information content (AvgIpc) is 2.66. The number of para-hydroxylation sites is 1. The normalized spacial score (nSPS) is 11.3. The van der Waals surface area contributed by atoms with Crippen LogP contribution < -0.4 is 0 Å². The van der Waals surface area contributed by atoms with Gasteiger partial charge in [0.2, 0.25) is 0 Å². The summed E-state index contributed by atoms with van der Waals surface area (Å²) in [4.78, 5) is 9.23. The Kier molecular flexibility index (Phi) is 2.83. The molecule has 112 valence electrons. The van der Waals surface area contributed by atoms with Gasteiger partial charge in [0, 0.05) is 34.3 Å². The Morgan fingerprint density at radius 3 is 2.33 bits per heavy atom. The van der Waals surface area contributed by atoms with Gasteiger partial charge in [-0.05, 0) is 29.0 Å². The molecular weight excluding hydrogens is 292 g/mol. The largest absolute Gasteiger partial charge is 0.256 e. The third-order valence-corrected chi connectivity index (χ3v) is 4.53. The number of aromatic nitrogens is 2. The molecule has 0 aliphatic carbocycles. The van der Waals surface area contributed by atoms with Crippen molar-refractivity contribution in [1.29, 1.82) is 0 Å². The maximum atomic E-state index is 4.65. The number of fused-ring (bicyclic) bond motifs is 3. The summed E-state index contributed by atoms with van der Waals surface area (Å²) in [5, 5.41) is 4.75. The monoisotopic (exact) mass is 306 g/mol. The standard InChI is InChI=1S/C22H14N2/c1-2-9-17-16(6-1)14-20-18(11-5-12-23-20)21(17)19-10-3-7-15-8-4-13-24-22(15)19/h1-14H. The molecule has 0 saturated heterocycles. The van der Waals surface area contributed by atoms with Gasteiger partial charge in [0.1, 0.15) is 0 Å². The highest BCUT2D eigenvalue weighted by atomic mass is 14.7. The highest BCUT2D eigenvalue weighted by molar-refractivity contribution is 6.15. The van der Waals surface area contributed by atoms with Gasteiger partial charge in [-0.25, -0.2) is 0 Å². The van der Waals surface area contributed by atoms with Gasteiger partial charge >= 0.3 is 0 Å². The highest BCUT2D eigenvalue weighted by Crippen LogP contribution is 2.38. The number of hydrogen-bond acceptors (Lipinski definition) is 2. The molecule has 2 aromatic heterocycles. The fourth-order valence-electron chi connectivity index (χ4n) is 3.48. The van der Waals surface area contributed by atoms with Gasteiger partial charge in [0.25, 0.3) is 0 Å². The summed E-state index contributed by atoms with van der Waals surface area (Å²) >= 11 is 0. The van der Waals surface area contributed by atoms with Gasteiger partial charge in [-0.1, -0.05) is 54.6 Å². The van der Waals surface area contributed by atoms with Gasteiger partial charge in [0.05, 0.1) is 11.0 Å². The van der Waals surface area contributed by atoms with Gasteiger partial charge in [-0.15, -0.1) is 0 Å². The molecule has 5 rings (SSSR count). The van der Waals surface area contributed by atoms with Crippen LogP contribution in [0.3, 0.4) is 0 Å². The molecule has 2 heteroatoms. The van der Waals surface area contributed by atoms with E-state index < -0.39 is 0 Å². The van der Waals surface area contributed by atoms with Crippen molar-refractivity contribution in [2.45, 2.75) is 0 Å². The van der Waals surface area contributed by atoms with E-state index in [0.717, 1.165) is 27.4 Å². The molecule has 2 nitrogen and oxygen atoms in total. The maximum absolute atomic E-state index is 4.65. The van der Waals surface area contributed by atoms with E-state index in [9.17, 15) is 0 Å². The van der Waals surface area contributed by atoms with Crippen LogP contribution in [-0.2, 0) is 0 Å². The lowest BCUT2D eigenvalue weighted by Crippen LogP contribution is -1.89. The predicted molar refractivity (Wildman–Crippen MR) is 100.0 cm³/mol. The minimum absolute atomic E-state index is 1.01. The Bertz CT molecular complexity index is 1150. The molecule has 0 unspecified atom stereocenters. The second-order valence-electron chi connectivity index (χ2n) is 5.92. The van der Waals surface area contributed by atoms with E-state index in [0.29, 0.717) is 0 Å². The number of pyridine rings is 2. The van der Waals surface area contributed by atoms with Crippen molar-refractivity contribution in [2.24, 2.45) is 0 Å². The van der Waals surface area contributed by atoms with Gasteiger partial charge in [0.15, 0.2) is 0 Å². The smallest absolute Gasteiger partial charge is 0.0780 e. The summed E-state index contributed by atoms with van der Waals surface area (Å²) in [6.45, 7) is 0. The Labute approximate surface area is 139 Å². The molecule has 0 spiro atoms. The molecule has 3 aromatic carbocycles. The Balaban J connectivity index is 2.04. The molecule has 0 fully saturated rings. The van der Waals surface area contributed by atoms with E-state index in [1.54, 1.807) is 0 Å². The Hall–Kier alpha value is -3.26. The van der Waals surface area contributed by atoms with Gasteiger partial charge in [-0.2, -0.15) is 0 Å². The van der Waals surface area contributed by atoms with Crippen LogP contribution >= 0.6 is 0 Å². The summed E-state index contributed by atoms with van der Waals surface area (Å²) in [6.07, 6.45) is 3.71. The molecule has 0 atom stereocenters. The summed E-state index contributed by atoms with van der Waals surface area (Å²) in [5.41, 5.74) is 4.41. The first-order valence-electron chi connectivity index (χ1n) is 8.02. The number of nitrogens with zero attached hydrogens (tertiary/aromatic N) is 2. The molecule has 2 heterocycles. The average molecular weight is 306 g/mol. The van der Waals surface area contributed by atoms with E-state index in [1.165, 1.54) is 16.3 Å². The van der Waals surface area contributed by atoms with Crippen LogP contribution in [0.1, 0.15) is 0 Å². The van der Waals surface area contributed by atoms with Crippen LogP contribution in [-0.4, -0.2) is 9.97 Å². The quantitative estimate of drug-likeness (QED) is 0.376. The van der Waals surface area contributed by atoms with Crippen LogP contribution in [0.5, 0.6) is 0 Å². The number of hydrogen-bond donors (Lipinski definition) is 0. The fraction of sp³-hybridized carbons (Fsp3) is 0. The van der Waals surface area contributed by atoms with Crippen LogP contribution in [0, 0.1) is 0 Å². The molecule has 24 heavy (non-hydrogen) atoms. The minimum Gasteiger partial charge on any atom is -0.256 e. The molecule has 0 amide bonds. The fourth-order valence-corrected chi connectivity index (χ4v) is 3.48. The van der Waals surface area contributed by atoms with Crippen molar-refractivity contribution in [3.63, 3.8) is 0 Å². The van der Waals surface area contributed by atoms with E-state index in [-0.39, 0.29) is 0 Å². The van der Waals surface area contributed by atoms with E-state index in [2.05, 4.69) is 70.6 Å². The van der Waals surface area contributed by atoms with Gasteiger partial charge < -0.3 is 0 Å². The first-order chi connectivity index (χ1) is 11.9. The maximum Gasteiger partial charge on any atom is 0.0780 e. The zero-order valence-electron chi connectivity index (χ0n) is 13.0. The summed E-state index contributed by atoms with van der Waals surface area (Å²) in [6, 6.07) is 25.2. The first kappa shape index (κ1) is 13.2. The van der Waals surface area contributed by atoms with Crippen LogP contribution in [0.2, 0.25) is 0 Å². The molecular formula is C22H14N2. The molecule has 5 aromatic rings. The molecule has 0 aliphatic rings. The van der Waals surface area contributed by atoms with E-state index in [4.69, 9.17) is 0 Å². The summed E-state index contributed by atoms with van der Waals surface area (Å²) in [5.74, 6) is 0. The second-order valence-corrected chi connectivity index (χ2v) is 5.92. The predicted octanol–water partition coefficient (Wildman–Crippen LogP) is 5.60. The van der Waals surface area contributed by atoms with Crippen molar-refractivity contribution < 1.29 is 0 Å². The lowest BCUT2D eigenvalue weighted by Gasteiger charge is -2.13. The highest BCUT2D eigenvalue weighted by Gasteiger charge is 2.13. The van der Waals surface area contributed by atoms with Gasteiger partial charge in [-0.3, -0.25) is 9.97 Å². The Morgan fingerprint density at radius 2 is 1.33 bits per heavy atom. The SMILES string of the molecule is c1ccc2c(-c3cccc4cccnc34)c3cccnc3cc2c1. The zero-order valence-corrected chi connectivity index (χ0v) is 13.0. The second kappa shape index (κ2) is 5.14. The van der Waals surface area contributed by atoms with Crippen molar-refractivity contribution in [1.82, 2.24) is 9.97 Å². The Morgan fingerprint density at radius 1 is 0.583 bits per heavy atom. The zero-order chi connectivity index (χ0) is 15.9. The lowest BCUT2D eigenvalue weighted by atomic mass is 9.92. The molecule has 0 aliphatic heterocycles. The first-order valence-corrected chi connectivity index (χ1v) is 8.02. The van der Waals surface area contributed by atoms with Crippen molar-refractivity contribution in [3.8, 4) is 11.1 Å².